The Morgan fingerprint density at radius 2 is 1.72 bits per heavy atom. The van der Waals surface area contributed by atoms with Crippen molar-refractivity contribution in [3.8, 4) is 0 Å². The lowest BCUT2D eigenvalue weighted by Crippen LogP contribution is -2.41. The molecule has 4 amide bonds. The van der Waals surface area contributed by atoms with Gasteiger partial charge < -0.3 is 30.8 Å². The highest BCUT2D eigenvalue weighted by Gasteiger charge is 2.37. The second-order valence-corrected chi connectivity index (χ2v) is 11.1. The maximum absolute atomic E-state index is 13.1. The van der Waals surface area contributed by atoms with Gasteiger partial charge in [0.25, 0.3) is 5.91 Å². The number of hydrogen-bond donors (Lipinski definition) is 5. The van der Waals surface area contributed by atoms with Crippen molar-refractivity contribution < 1.29 is 23.7 Å². The van der Waals surface area contributed by atoms with Gasteiger partial charge in [0, 0.05) is 34.1 Å². The molecule has 1 aliphatic rings. The monoisotopic (exact) mass is 532 g/mol. The van der Waals surface area contributed by atoms with Gasteiger partial charge in [-0.15, -0.1) is 0 Å². The zero-order chi connectivity index (χ0) is 28.7. The summed E-state index contributed by atoms with van der Waals surface area (Å²) in [4.78, 5) is 52.9. The topological polar surface area (TPSA) is 158 Å². The Morgan fingerprint density at radius 3 is 2.36 bits per heavy atom. The van der Waals surface area contributed by atoms with Gasteiger partial charge >= 0.3 is 0 Å². The first-order valence-corrected chi connectivity index (χ1v) is 12.4. The molecule has 0 saturated carbocycles. The van der Waals surface area contributed by atoms with Crippen molar-refractivity contribution in [1.82, 2.24) is 10.1 Å². The van der Waals surface area contributed by atoms with Crippen molar-refractivity contribution in [2.45, 2.75) is 53.9 Å². The number of anilines is 4. The zero-order valence-electron chi connectivity index (χ0n) is 23.0. The SMILES string of the molecule is Cc1[nH]c(/C=C2\C(=O)Nc3cc(NC(=O)C(C)(C)C(=O)Nc4cc(C(C)(C)C)on4)ccc32)c(C)c1NC=O. The highest BCUT2D eigenvalue weighted by atomic mass is 16.5. The molecule has 0 unspecified atom stereocenters. The quantitative estimate of drug-likeness (QED) is 0.170. The first-order valence-electron chi connectivity index (χ1n) is 12.4. The highest BCUT2D eigenvalue weighted by Crippen LogP contribution is 2.37. The average Bonchev–Trinajstić information content (AvgIpc) is 3.52. The van der Waals surface area contributed by atoms with E-state index >= 15 is 0 Å². The Kier molecular flexibility index (Phi) is 6.94. The van der Waals surface area contributed by atoms with E-state index in [-0.39, 0.29) is 17.1 Å². The third kappa shape index (κ3) is 5.33. The van der Waals surface area contributed by atoms with Gasteiger partial charge in [-0.25, -0.2) is 0 Å². The molecule has 0 spiro atoms. The number of nitrogens with one attached hydrogen (secondary N) is 5. The number of aromatic amines is 1. The molecule has 1 aromatic carbocycles. The molecule has 3 aromatic rings. The molecule has 11 nitrogen and oxygen atoms in total. The summed E-state index contributed by atoms with van der Waals surface area (Å²) in [5, 5.41) is 14.8. The van der Waals surface area contributed by atoms with Crippen LogP contribution in [0.15, 0.2) is 28.8 Å². The van der Waals surface area contributed by atoms with E-state index < -0.39 is 17.2 Å². The number of nitrogens with zero attached hydrogens (tertiary/aromatic N) is 1. The van der Waals surface area contributed by atoms with Crippen molar-refractivity contribution in [2.24, 2.45) is 5.41 Å². The van der Waals surface area contributed by atoms with E-state index in [4.69, 9.17) is 4.52 Å². The second-order valence-electron chi connectivity index (χ2n) is 11.1. The van der Waals surface area contributed by atoms with E-state index in [0.29, 0.717) is 46.1 Å². The van der Waals surface area contributed by atoms with Crippen molar-refractivity contribution in [2.75, 3.05) is 21.3 Å². The number of amides is 4. The molecule has 3 heterocycles. The second kappa shape index (κ2) is 9.90. The van der Waals surface area contributed by atoms with E-state index in [0.717, 1.165) is 11.3 Å². The maximum Gasteiger partial charge on any atom is 0.256 e. The third-order valence-corrected chi connectivity index (χ3v) is 6.65. The Morgan fingerprint density at radius 1 is 1.03 bits per heavy atom. The molecule has 0 fully saturated rings. The molecule has 39 heavy (non-hydrogen) atoms. The number of carbonyl (C=O) groups excluding carboxylic acids is 4. The molecular weight excluding hydrogens is 500 g/mol. The number of rotatable bonds is 7. The predicted octanol–water partition coefficient (Wildman–Crippen LogP) is 4.58. The zero-order valence-corrected chi connectivity index (χ0v) is 23.0. The van der Waals surface area contributed by atoms with Gasteiger partial charge in [0.1, 0.15) is 11.2 Å². The fraction of sp³-hybridized carbons (Fsp3) is 0.321. The van der Waals surface area contributed by atoms with Gasteiger partial charge in [0.15, 0.2) is 5.82 Å². The smallest absolute Gasteiger partial charge is 0.256 e. The molecule has 0 radical (unpaired) electrons. The standard InChI is InChI=1S/C28H32N6O5/c1-14-19(30-15(2)23(14)29-13-35)11-18-17-9-8-16(10-20(17)32-24(18)36)31-25(37)28(6,7)26(38)33-22-12-21(39-34-22)27(3,4)5/h8-13,30H,1-7H3,(H,29,35)(H,31,37)(H,32,36)(H,33,34,38)/b18-11-. The maximum atomic E-state index is 13.1. The van der Waals surface area contributed by atoms with Crippen LogP contribution in [0.1, 0.15) is 62.9 Å². The Bertz CT molecular complexity index is 1520. The number of aromatic nitrogens is 2. The van der Waals surface area contributed by atoms with Crippen molar-refractivity contribution in [3.63, 3.8) is 0 Å². The highest BCUT2D eigenvalue weighted by molar-refractivity contribution is 6.35. The summed E-state index contributed by atoms with van der Waals surface area (Å²) in [6.07, 6.45) is 2.33. The fourth-order valence-electron chi connectivity index (χ4n) is 4.10. The summed E-state index contributed by atoms with van der Waals surface area (Å²) >= 11 is 0. The lowest BCUT2D eigenvalue weighted by atomic mass is 9.90. The minimum atomic E-state index is -1.44. The van der Waals surface area contributed by atoms with E-state index in [1.165, 1.54) is 13.8 Å². The number of hydrogen-bond acceptors (Lipinski definition) is 6. The van der Waals surface area contributed by atoms with Gasteiger partial charge in [0.2, 0.25) is 18.2 Å². The van der Waals surface area contributed by atoms with E-state index in [2.05, 4.69) is 31.4 Å². The Labute approximate surface area is 225 Å². The molecule has 5 N–H and O–H groups in total. The number of H-pyrrole nitrogens is 1. The lowest BCUT2D eigenvalue weighted by molar-refractivity contribution is -0.135. The summed E-state index contributed by atoms with van der Waals surface area (Å²) in [5.41, 5.74) is 3.25. The first kappa shape index (κ1) is 27.4. The van der Waals surface area contributed by atoms with Crippen molar-refractivity contribution in [3.05, 3.63) is 52.5 Å². The summed E-state index contributed by atoms with van der Waals surface area (Å²) in [6, 6.07) is 6.66. The summed E-state index contributed by atoms with van der Waals surface area (Å²) in [7, 11) is 0. The minimum absolute atomic E-state index is 0.229. The van der Waals surface area contributed by atoms with Crippen LogP contribution in [-0.2, 0) is 24.6 Å². The molecule has 0 saturated heterocycles. The van der Waals surface area contributed by atoms with Crippen LogP contribution in [0.3, 0.4) is 0 Å². The van der Waals surface area contributed by atoms with Crippen molar-refractivity contribution >= 4 is 58.7 Å². The van der Waals surface area contributed by atoms with Gasteiger partial charge in [0.05, 0.1) is 16.9 Å². The van der Waals surface area contributed by atoms with Crippen LogP contribution in [0.25, 0.3) is 11.6 Å². The molecule has 11 heteroatoms. The first-order chi connectivity index (χ1) is 18.2. The van der Waals surface area contributed by atoms with Gasteiger partial charge in [-0.3, -0.25) is 19.2 Å². The van der Waals surface area contributed by atoms with E-state index in [1.807, 2.05) is 34.6 Å². The summed E-state index contributed by atoms with van der Waals surface area (Å²) < 4.78 is 5.30. The summed E-state index contributed by atoms with van der Waals surface area (Å²) in [5.74, 6) is -0.548. The molecule has 0 bridgehead atoms. The van der Waals surface area contributed by atoms with Crippen molar-refractivity contribution in [1.29, 1.82) is 0 Å². The van der Waals surface area contributed by atoms with Crippen LogP contribution in [0.5, 0.6) is 0 Å². The predicted molar refractivity (Wildman–Crippen MR) is 149 cm³/mol. The number of benzene rings is 1. The van der Waals surface area contributed by atoms with Gasteiger partial charge in [-0.1, -0.05) is 32.0 Å². The fourth-order valence-corrected chi connectivity index (χ4v) is 4.10. The molecular formula is C28H32N6O5. The largest absolute Gasteiger partial charge is 0.359 e. The number of fused-ring (bicyclic) bond motifs is 1. The molecule has 0 atom stereocenters. The van der Waals surface area contributed by atoms with Crippen LogP contribution >= 0.6 is 0 Å². The number of aryl methyl sites for hydroxylation is 1. The molecule has 4 rings (SSSR count). The van der Waals surface area contributed by atoms with Crippen LogP contribution in [-0.4, -0.2) is 34.3 Å². The van der Waals surface area contributed by atoms with Crippen LogP contribution in [0.2, 0.25) is 0 Å². The lowest BCUT2D eigenvalue weighted by Gasteiger charge is -2.22. The Hall–Kier alpha value is -4.67. The third-order valence-electron chi connectivity index (χ3n) is 6.65. The summed E-state index contributed by atoms with van der Waals surface area (Å²) in [6.45, 7) is 12.6. The normalized spacial score (nSPS) is 14.1. The Balaban J connectivity index is 1.50. The molecule has 204 valence electrons. The molecule has 1 aliphatic heterocycles. The van der Waals surface area contributed by atoms with E-state index in [1.54, 1.807) is 30.3 Å². The molecule has 2 aromatic heterocycles. The minimum Gasteiger partial charge on any atom is -0.359 e. The average molecular weight is 533 g/mol. The van der Waals surface area contributed by atoms with Crippen LogP contribution < -0.4 is 21.3 Å². The molecule has 0 aliphatic carbocycles. The van der Waals surface area contributed by atoms with Crippen LogP contribution in [0, 0.1) is 19.3 Å². The van der Waals surface area contributed by atoms with Crippen LogP contribution in [0.4, 0.5) is 22.9 Å². The van der Waals surface area contributed by atoms with E-state index in [9.17, 15) is 19.2 Å². The number of carbonyl (C=O) groups is 4. The van der Waals surface area contributed by atoms with Gasteiger partial charge in [-0.2, -0.15) is 0 Å². The van der Waals surface area contributed by atoms with Gasteiger partial charge in [-0.05, 0) is 51.5 Å².